The molecule has 3 heterocycles. The molecule has 0 saturated carbocycles. The summed E-state index contributed by atoms with van der Waals surface area (Å²) in [7, 11) is 0. The minimum absolute atomic E-state index is 0.0168. The third-order valence-corrected chi connectivity index (χ3v) is 6.43. The van der Waals surface area contributed by atoms with Gasteiger partial charge in [0.2, 0.25) is 5.91 Å². The highest BCUT2D eigenvalue weighted by molar-refractivity contribution is 7.10. The number of ether oxygens (including phenoxy) is 1. The molecule has 1 N–H and O–H groups in total. The Morgan fingerprint density at radius 3 is 2.97 bits per heavy atom. The number of thiazole rings is 1. The van der Waals surface area contributed by atoms with Crippen LogP contribution in [0.4, 0.5) is 5.69 Å². The third-order valence-electron chi connectivity index (χ3n) is 5.49. The second kappa shape index (κ2) is 8.06. The van der Waals surface area contributed by atoms with Crippen molar-refractivity contribution in [3.63, 3.8) is 0 Å². The number of hydrogen-bond acceptors (Lipinski definition) is 5. The lowest BCUT2D eigenvalue weighted by molar-refractivity contribution is -0.116. The second-order valence-corrected chi connectivity index (χ2v) is 8.46. The highest BCUT2D eigenvalue weighted by Gasteiger charge is 2.25. The number of amides is 1. The summed E-state index contributed by atoms with van der Waals surface area (Å²) in [4.78, 5) is 18.9. The molecule has 0 radical (unpaired) electrons. The van der Waals surface area contributed by atoms with Gasteiger partial charge in [-0.25, -0.2) is 4.98 Å². The average molecular weight is 406 g/mol. The lowest BCUT2D eigenvalue weighted by Crippen LogP contribution is -2.37. The molecule has 2 aromatic carbocycles. The lowest BCUT2D eigenvalue weighted by Gasteiger charge is -2.32. The van der Waals surface area contributed by atoms with Crippen LogP contribution in [0.25, 0.3) is 11.3 Å². The van der Waals surface area contributed by atoms with Gasteiger partial charge in [-0.1, -0.05) is 36.4 Å². The molecular weight excluding hydrogens is 382 g/mol. The molecule has 3 aromatic rings. The molecule has 0 spiro atoms. The van der Waals surface area contributed by atoms with Gasteiger partial charge in [-0.15, -0.1) is 11.3 Å². The van der Waals surface area contributed by atoms with Crippen LogP contribution in [-0.4, -0.2) is 35.5 Å². The first-order valence-corrected chi connectivity index (χ1v) is 10.9. The van der Waals surface area contributed by atoms with Gasteiger partial charge in [0, 0.05) is 42.7 Å². The minimum atomic E-state index is 0.0168. The Labute approximate surface area is 174 Å². The Balaban J connectivity index is 1.30. The van der Waals surface area contributed by atoms with Crippen molar-refractivity contribution in [3.05, 3.63) is 70.0 Å². The molecule has 1 unspecified atom stereocenters. The highest BCUT2D eigenvalue weighted by Crippen LogP contribution is 2.32. The first kappa shape index (κ1) is 18.5. The molecule has 1 amide bonds. The van der Waals surface area contributed by atoms with Crippen LogP contribution in [0.15, 0.2) is 53.9 Å². The average Bonchev–Trinajstić information content (AvgIpc) is 3.25. The van der Waals surface area contributed by atoms with E-state index in [-0.39, 0.29) is 12.0 Å². The number of morpholine rings is 1. The third kappa shape index (κ3) is 4.10. The second-order valence-electron chi connectivity index (χ2n) is 7.57. The van der Waals surface area contributed by atoms with Crippen LogP contribution in [0.1, 0.15) is 28.7 Å². The Kier molecular flexibility index (Phi) is 5.14. The first-order chi connectivity index (χ1) is 14.2. The van der Waals surface area contributed by atoms with E-state index in [1.807, 2.05) is 12.1 Å². The summed E-state index contributed by atoms with van der Waals surface area (Å²) >= 11 is 1.66. The summed E-state index contributed by atoms with van der Waals surface area (Å²) in [5, 5.41) is 6.08. The number of carbonyl (C=O) groups is 1. The van der Waals surface area contributed by atoms with Crippen LogP contribution >= 0.6 is 11.3 Å². The fourth-order valence-electron chi connectivity index (χ4n) is 3.95. The predicted molar refractivity (Wildman–Crippen MR) is 115 cm³/mol. The van der Waals surface area contributed by atoms with Gasteiger partial charge in [0.15, 0.2) is 0 Å². The number of aryl methyl sites for hydroxylation is 1. The zero-order chi connectivity index (χ0) is 19.6. The molecule has 29 heavy (non-hydrogen) atoms. The van der Waals surface area contributed by atoms with Gasteiger partial charge in [0.05, 0.1) is 12.3 Å². The van der Waals surface area contributed by atoms with Crippen molar-refractivity contribution in [2.75, 3.05) is 25.0 Å². The van der Waals surface area contributed by atoms with Crippen molar-refractivity contribution in [2.24, 2.45) is 0 Å². The lowest BCUT2D eigenvalue weighted by atomic mass is 9.99. The number of hydrogen-bond donors (Lipinski definition) is 1. The zero-order valence-corrected chi connectivity index (χ0v) is 17.0. The van der Waals surface area contributed by atoms with Crippen LogP contribution in [0.3, 0.4) is 0 Å². The van der Waals surface area contributed by atoms with E-state index in [0.717, 1.165) is 54.6 Å². The van der Waals surface area contributed by atoms with Crippen LogP contribution < -0.4 is 5.32 Å². The van der Waals surface area contributed by atoms with Crippen molar-refractivity contribution in [1.82, 2.24) is 9.88 Å². The minimum Gasteiger partial charge on any atom is -0.368 e. The molecule has 6 heteroatoms. The summed E-state index contributed by atoms with van der Waals surface area (Å²) in [5.41, 5.74) is 5.51. The normalized spacial score (nSPS) is 19.6. The SMILES string of the molecule is O=C1CCc2cc(-c3csc(C4CN(Cc5ccccc5)CCO4)n3)ccc2N1. The Morgan fingerprint density at radius 1 is 1.17 bits per heavy atom. The summed E-state index contributed by atoms with van der Waals surface area (Å²) < 4.78 is 6.04. The molecule has 1 aromatic heterocycles. The summed E-state index contributed by atoms with van der Waals surface area (Å²) in [5.74, 6) is 0.0932. The van der Waals surface area contributed by atoms with E-state index in [9.17, 15) is 4.79 Å². The van der Waals surface area contributed by atoms with Crippen LogP contribution in [0.2, 0.25) is 0 Å². The predicted octanol–water partition coefficient (Wildman–Crippen LogP) is 4.27. The van der Waals surface area contributed by atoms with E-state index in [1.54, 1.807) is 11.3 Å². The first-order valence-electron chi connectivity index (χ1n) is 10.0. The van der Waals surface area contributed by atoms with Crippen molar-refractivity contribution in [1.29, 1.82) is 0 Å². The van der Waals surface area contributed by atoms with Crippen molar-refractivity contribution in [3.8, 4) is 11.3 Å². The van der Waals surface area contributed by atoms with E-state index >= 15 is 0 Å². The Bertz CT molecular complexity index is 1020. The standard InChI is InChI=1S/C23H23N3O2S/c27-22-9-7-17-12-18(6-8-19(17)24-22)20-15-29-23(25-20)21-14-26(10-11-28-21)13-16-4-2-1-3-5-16/h1-6,8,12,15,21H,7,9-11,13-14H2,(H,24,27). The summed E-state index contributed by atoms with van der Waals surface area (Å²) in [6.45, 7) is 3.47. The number of nitrogens with one attached hydrogen (secondary N) is 1. The Morgan fingerprint density at radius 2 is 2.07 bits per heavy atom. The summed E-state index contributed by atoms with van der Waals surface area (Å²) in [6.07, 6.45) is 1.35. The molecule has 1 fully saturated rings. The largest absolute Gasteiger partial charge is 0.368 e. The van der Waals surface area contributed by atoms with Gasteiger partial charge >= 0.3 is 0 Å². The molecule has 0 aliphatic carbocycles. The Hall–Kier alpha value is -2.54. The molecular formula is C23H23N3O2S. The van der Waals surface area contributed by atoms with E-state index < -0.39 is 0 Å². The molecule has 2 aliphatic heterocycles. The number of rotatable bonds is 4. The molecule has 5 rings (SSSR count). The van der Waals surface area contributed by atoms with Crippen molar-refractivity contribution in [2.45, 2.75) is 25.5 Å². The quantitative estimate of drug-likeness (QED) is 0.704. The smallest absolute Gasteiger partial charge is 0.224 e. The van der Waals surface area contributed by atoms with Crippen LogP contribution in [0.5, 0.6) is 0 Å². The van der Waals surface area contributed by atoms with Gasteiger partial charge in [0.1, 0.15) is 11.1 Å². The van der Waals surface area contributed by atoms with Gasteiger partial charge in [-0.3, -0.25) is 9.69 Å². The number of nitrogens with zero attached hydrogens (tertiary/aromatic N) is 2. The number of aromatic nitrogens is 1. The number of fused-ring (bicyclic) bond motifs is 1. The van der Waals surface area contributed by atoms with Crippen LogP contribution in [0, 0.1) is 0 Å². The molecule has 148 valence electrons. The van der Waals surface area contributed by atoms with Crippen molar-refractivity contribution < 1.29 is 9.53 Å². The number of benzene rings is 2. The van der Waals surface area contributed by atoms with E-state index in [1.165, 1.54) is 11.1 Å². The van der Waals surface area contributed by atoms with Gasteiger partial charge < -0.3 is 10.1 Å². The fraction of sp³-hybridized carbons (Fsp3) is 0.304. The maximum atomic E-state index is 11.6. The van der Waals surface area contributed by atoms with E-state index in [2.05, 4.69) is 52.0 Å². The number of anilines is 1. The van der Waals surface area contributed by atoms with E-state index in [4.69, 9.17) is 9.72 Å². The molecule has 1 saturated heterocycles. The maximum Gasteiger partial charge on any atom is 0.224 e. The van der Waals surface area contributed by atoms with E-state index in [0.29, 0.717) is 6.42 Å². The number of carbonyl (C=O) groups excluding carboxylic acids is 1. The monoisotopic (exact) mass is 405 g/mol. The van der Waals surface area contributed by atoms with Crippen LogP contribution in [-0.2, 0) is 22.5 Å². The van der Waals surface area contributed by atoms with Gasteiger partial charge in [-0.05, 0) is 29.7 Å². The van der Waals surface area contributed by atoms with Gasteiger partial charge in [0.25, 0.3) is 0 Å². The fourth-order valence-corrected chi connectivity index (χ4v) is 4.81. The summed E-state index contributed by atoms with van der Waals surface area (Å²) in [6, 6.07) is 16.7. The van der Waals surface area contributed by atoms with Gasteiger partial charge in [-0.2, -0.15) is 0 Å². The topological polar surface area (TPSA) is 54.5 Å². The molecule has 5 nitrogen and oxygen atoms in total. The zero-order valence-electron chi connectivity index (χ0n) is 16.1. The van der Waals surface area contributed by atoms with Crippen molar-refractivity contribution >= 4 is 22.9 Å². The maximum absolute atomic E-state index is 11.6. The molecule has 1 atom stereocenters. The highest BCUT2D eigenvalue weighted by atomic mass is 32.1. The molecule has 0 bridgehead atoms. The molecule has 2 aliphatic rings.